The van der Waals surface area contributed by atoms with Crippen LogP contribution >= 0.6 is 0 Å². The van der Waals surface area contributed by atoms with Crippen molar-refractivity contribution in [1.82, 2.24) is 0 Å². The molecular weight excluding hydrogens is 232 g/mol. The number of fused-ring (bicyclic) bond motifs is 1. The van der Waals surface area contributed by atoms with E-state index >= 15 is 0 Å². The van der Waals surface area contributed by atoms with E-state index in [1.807, 2.05) is 30.1 Å². The Morgan fingerprint density at radius 1 is 1.50 bits per heavy atom. The molecule has 1 aromatic rings. The number of anilines is 2. The third-order valence-corrected chi connectivity index (χ3v) is 2.93. The largest absolute Gasteiger partial charge is 0.482 e. The number of nitrogens with zero attached hydrogens (tertiary/aromatic N) is 2. The summed E-state index contributed by atoms with van der Waals surface area (Å²) in [4.78, 5) is 26.1. The van der Waals surface area contributed by atoms with Gasteiger partial charge in [0.15, 0.2) is 6.61 Å². The standard InChI is InChI=1S/C13H16N2O3/c1-9(16)7-14(2)10-4-5-12-11(6-10)15(3)13(17)8-18-12/h4-6H,7-8H2,1-3H3. The molecule has 0 aromatic heterocycles. The Morgan fingerprint density at radius 2 is 2.22 bits per heavy atom. The van der Waals surface area contributed by atoms with Crippen LogP contribution in [0.4, 0.5) is 11.4 Å². The zero-order valence-electron chi connectivity index (χ0n) is 10.8. The molecule has 0 N–H and O–H groups in total. The molecule has 1 aliphatic heterocycles. The molecule has 0 atom stereocenters. The van der Waals surface area contributed by atoms with Crippen LogP contribution in [-0.4, -0.2) is 38.9 Å². The van der Waals surface area contributed by atoms with Crippen LogP contribution in [-0.2, 0) is 9.59 Å². The summed E-state index contributed by atoms with van der Waals surface area (Å²) in [6.45, 7) is 1.97. The van der Waals surface area contributed by atoms with Gasteiger partial charge in [0, 0.05) is 19.8 Å². The number of carbonyl (C=O) groups is 2. The first-order valence-electron chi connectivity index (χ1n) is 5.73. The molecule has 5 heteroatoms. The minimum absolute atomic E-state index is 0.0751. The lowest BCUT2D eigenvalue weighted by molar-refractivity contribution is -0.121. The second kappa shape index (κ2) is 4.68. The molecule has 0 unspecified atom stereocenters. The summed E-state index contributed by atoms with van der Waals surface area (Å²) in [5, 5.41) is 0. The minimum atomic E-state index is -0.0751. The molecule has 1 aliphatic rings. The Labute approximate surface area is 106 Å². The molecule has 0 bridgehead atoms. The molecule has 0 saturated carbocycles. The molecule has 5 nitrogen and oxygen atoms in total. The summed E-state index contributed by atoms with van der Waals surface area (Å²) < 4.78 is 5.35. The fourth-order valence-electron chi connectivity index (χ4n) is 1.92. The fourth-order valence-corrected chi connectivity index (χ4v) is 1.92. The van der Waals surface area contributed by atoms with E-state index in [2.05, 4.69) is 0 Å². The van der Waals surface area contributed by atoms with Gasteiger partial charge in [-0.25, -0.2) is 0 Å². The molecule has 0 radical (unpaired) electrons. The van der Waals surface area contributed by atoms with Gasteiger partial charge in [0.1, 0.15) is 11.5 Å². The molecule has 1 amide bonds. The number of ketones is 1. The summed E-state index contributed by atoms with van der Waals surface area (Å²) in [5.74, 6) is 0.710. The summed E-state index contributed by atoms with van der Waals surface area (Å²) in [6, 6.07) is 5.56. The Morgan fingerprint density at radius 3 is 2.89 bits per heavy atom. The Hall–Kier alpha value is -2.04. The summed E-state index contributed by atoms with van der Waals surface area (Å²) in [6.07, 6.45) is 0. The molecule has 0 saturated heterocycles. The van der Waals surface area contributed by atoms with Crippen LogP contribution in [0.1, 0.15) is 6.92 Å². The number of ether oxygens (including phenoxy) is 1. The van der Waals surface area contributed by atoms with Gasteiger partial charge in [-0.05, 0) is 25.1 Å². The predicted octanol–water partition coefficient (Wildman–Crippen LogP) is 1.07. The maximum Gasteiger partial charge on any atom is 0.264 e. The maximum atomic E-state index is 11.5. The van der Waals surface area contributed by atoms with Gasteiger partial charge in [-0.15, -0.1) is 0 Å². The molecule has 0 aliphatic carbocycles. The van der Waals surface area contributed by atoms with Crippen LogP contribution in [0.15, 0.2) is 18.2 Å². The van der Waals surface area contributed by atoms with Gasteiger partial charge in [-0.1, -0.05) is 0 Å². The van der Waals surface area contributed by atoms with Gasteiger partial charge in [0.2, 0.25) is 0 Å². The van der Waals surface area contributed by atoms with Gasteiger partial charge >= 0.3 is 0 Å². The molecule has 96 valence electrons. The number of hydrogen-bond donors (Lipinski definition) is 0. The van der Waals surface area contributed by atoms with Gasteiger partial charge < -0.3 is 14.5 Å². The Balaban J connectivity index is 2.31. The van der Waals surface area contributed by atoms with Crippen LogP contribution in [0.2, 0.25) is 0 Å². The van der Waals surface area contributed by atoms with E-state index in [1.54, 1.807) is 18.9 Å². The lowest BCUT2D eigenvalue weighted by Crippen LogP contribution is -2.35. The third kappa shape index (κ3) is 2.30. The van der Waals surface area contributed by atoms with E-state index in [0.717, 1.165) is 11.4 Å². The molecule has 0 spiro atoms. The predicted molar refractivity (Wildman–Crippen MR) is 69.3 cm³/mol. The SMILES string of the molecule is CC(=O)CN(C)c1ccc2c(c1)N(C)C(=O)CO2. The van der Waals surface area contributed by atoms with Crippen molar-refractivity contribution in [3.05, 3.63) is 18.2 Å². The van der Waals surface area contributed by atoms with Crippen molar-refractivity contribution >= 4 is 23.1 Å². The van der Waals surface area contributed by atoms with Gasteiger partial charge in [-0.3, -0.25) is 9.59 Å². The average molecular weight is 248 g/mol. The number of Topliss-reactive ketones (excluding diaryl/α,β-unsaturated/α-hetero) is 1. The molecule has 1 aromatic carbocycles. The third-order valence-electron chi connectivity index (χ3n) is 2.93. The second-order valence-electron chi connectivity index (χ2n) is 4.45. The molecule has 18 heavy (non-hydrogen) atoms. The Bertz CT molecular complexity index is 499. The summed E-state index contributed by atoms with van der Waals surface area (Å²) >= 11 is 0. The first-order chi connectivity index (χ1) is 8.49. The molecule has 2 rings (SSSR count). The topological polar surface area (TPSA) is 49.9 Å². The maximum absolute atomic E-state index is 11.5. The van der Waals surface area contributed by atoms with E-state index in [0.29, 0.717) is 12.3 Å². The number of carbonyl (C=O) groups excluding carboxylic acids is 2. The number of likely N-dealkylation sites (N-methyl/N-ethyl adjacent to an activating group) is 2. The van der Waals surface area contributed by atoms with Crippen LogP contribution < -0.4 is 14.5 Å². The highest BCUT2D eigenvalue weighted by molar-refractivity contribution is 5.98. The summed E-state index contributed by atoms with van der Waals surface area (Å²) in [5.41, 5.74) is 1.62. The quantitative estimate of drug-likeness (QED) is 0.802. The van der Waals surface area contributed by atoms with Gasteiger partial charge in [-0.2, -0.15) is 0 Å². The van der Waals surface area contributed by atoms with Crippen molar-refractivity contribution in [3.63, 3.8) is 0 Å². The second-order valence-corrected chi connectivity index (χ2v) is 4.45. The van der Waals surface area contributed by atoms with Crippen molar-refractivity contribution in [1.29, 1.82) is 0 Å². The van der Waals surface area contributed by atoms with Gasteiger partial charge in [0.25, 0.3) is 5.91 Å². The van der Waals surface area contributed by atoms with Crippen molar-refractivity contribution in [3.8, 4) is 5.75 Å². The van der Waals surface area contributed by atoms with Gasteiger partial charge in [0.05, 0.1) is 12.2 Å². The summed E-state index contributed by atoms with van der Waals surface area (Å²) in [7, 11) is 3.56. The molecule has 1 heterocycles. The van der Waals surface area contributed by atoms with E-state index in [9.17, 15) is 9.59 Å². The average Bonchev–Trinajstić information content (AvgIpc) is 2.33. The number of rotatable bonds is 3. The fraction of sp³-hybridized carbons (Fsp3) is 0.385. The van der Waals surface area contributed by atoms with Crippen LogP contribution in [0, 0.1) is 0 Å². The smallest absolute Gasteiger partial charge is 0.264 e. The van der Waals surface area contributed by atoms with Crippen molar-refractivity contribution in [2.45, 2.75) is 6.92 Å². The first-order valence-corrected chi connectivity index (χ1v) is 5.73. The first kappa shape index (κ1) is 12.4. The number of amides is 1. The Kier molecular flexibility index (Phi) is 3.23. The van der Waals surface area contributed by atoms with E-state index in [-0.39, 0.29) is 18.3 Å². The number of hydrogen-bond acceptors (Lipinski definition) is 4. The zero-order valence-corrected chi connectivity index (χ0v) is 10.8. The van der Waals surface area contributed by atoms with E-state index in [4.69, 9.17) is 4.74 Å². The minimum Gasteiger partial charge on any atom is -0.482 e. The monoisotopic (exact) mass is 248 g/mol. The van der Waals surface area contributed by atoms with Crippen molar-refractivity contribution in [2.75, 3.05) is 37.0 Å². The number of benzene rings is 1. The highest BCUT2D eigenvalue weighted by atomic mass is 16.5. The van der Waals surface area contributed by atoms with Crippen LogP contribution in [0.25, 0.3) is 0 Å². The van der Waals surface area contributed by atoms with E-state index < -0.39 is 0 Å². The highest BCUT2D eigenvalue weighted by Crippen LogP contribution is 2.34. The molecular formula is C13H16N2O3. The van der Waals surface area contributed by atoms with Crippen molar-refractivity contribution in [2.24, 2.45) is 0 Å². The lowest BCUT2D eigenvalue weighted by Gasteiger charge is -2.28. The molecule has 0 fully saturated rings. The van der Waals surface area contributed by atoms with Crippen LogP contribution in [0.5, 0.6) is 5.75 Å². The lowest BCUT2D eigenvalue weighted by atomic mass is 10.2. The highest BCUT2D eigenvalue weighted by Gasteiger charge is 2.22. The normalized spacial score (nSPS) is 13.9. The van der Waals surface area contributed by atoms with Crippen molar-refractivity contribution < 1.29 is 14.3 Å². The van der Waals surface area contributed by atoms with Crippen LogP contribution in [0.3, 0.4) is 0 Å². The zero-order chi connectivity index (χ0) is 13.3. The van der Waals surface area contributed by atoms with E-state index in [1.165, 1.54) is 0 Å².